The van der Waals surface area contributed by atoms with Crippen LogP contribution in [-0.2, 0) is 10.0 Å². The number of anilines is 1. The molecule has 0 aliphatic heterocycles. The van der Waals surface area contributed by atoms with E-state index in [4.69, 9.17) is 5.73 Å². The number of sulfonamides is 1. The molecule has 0 aliphatic rings. The van der Waals surface area contributed by atoms with Gasteiger partial charge in [0.2, 0.25) is 0 Å². The third kappa shape index (κ3) is 4.21. The molecule has 2 N–H and O–H groups in total. The second kappa shape index (κ2) is 5.50. The van der Waals surface area contributed by atoms with E-state index in [0.717, 1.165) is 6.92 Å². The average molecular weight is 236 g/mol. The molecule has 0 aromatic heterocycles. The third-order valence-corrected chi connectivity index (χ3v) is 2.79. The molecule has 5 nitrogen and oxygen atoms in total. The first-order valence-electron chi connectivity index (χ1n) is 3.76. The Morgan fingerprint density at radius 1 is 1.33 bits per heavy atom. The van der Waals surface area contributed by atoms with Gasteiger partial charge in [-0.15, -0.1) is 0 Å². The fraction of sp³-hybridized carbons (Fsp3) is 0.125. The van der Waals surface area contributed by atoms with Crippen LogP contribution in [0.5, 0.6) is 0 Å². The van der Waals surface area contributed by atoms with Gasteiger partial charge in [0.25, 0.3) is 10.0 Å². The van der Waals surface area contributed by atoms with E-state index < -0.39 is 15.9 Å². The van der Waals surface area contributed by atoms with Gasteiger partial charge in [-0.1, -0.05) is 0 Å². The Balaban J connectivity index is 0.00000196. The van der Waals surface area contributed by atoms with Crippen molar-refractivity contribution >= 4 is 21.6 Å². The summed E-state index contributed by atoms with van der Waals surface area (Å²) in [6, 6.07) is 5.47. The Morgan fingerprint density at radius 2 is 1.80 bits per heavy atom. The molecule has 0 saturated carbocycles. The standard InChI is InChI=1S/C8H10N2O3S.Na/c1-6(11)10-14(12,13)8-4-2-7(9)3-5-8;/h2-5H,9H2,1H3,(H,10,11);/q;+1/p-1. The number of hydrogen-bond donors (Lipinski definition) is 1. The molecule has 0 atom stereocenters. The van der Waals surface area contributed by atoms with E-state index in [1.54, 1.807) is 0 Å². The zero-order chi connectivity index (χ0) is 10.8. The zero-order valence-electron chi connectivity index (χ0n) is 8.47. The maximum absolute atomic E-state index is 11.3. The Kier molecular flexibility index (Phi) is 5.30. The summed E-state index contributed by atoms with van der Waals surface area (Å²) in [5, 5.41) is 10.5. The first kappa shape index (κ1) is 14.4. The normalized spacial score (nSPS) is 11.9. The number of benzene rings is 1. The van der Waals surface area contributed by atoms with Crippen molar-refractivity contribution in [2.24, 2.45) is 4.40 Å². The van der Waals surface area contributed by atoms with E-state index in [0.29, 0.717) is 5.69 Å². The third-order valence-electron chi connectivity index (χ3n) is 1.43. The summed E-state index contributed by atoms with van der Waals surface area (Å²) < 4.78 is 25.7. The number of nitrogens with zero attached hydrogens (tertiary/aromatic N) is 1. The molecule has 1 rings (SSSR count). The number of hydrogen-bond acceptors (Lipinski definition) is 4. The molecule has 0 fully saturated rings. The Hall–Kier alpha value is -0.560. The molecule has 15 heavy (non-hydrogen) atoms. The van der Waals surface area contributed by atoms with Crippen LogP contribution in [0.25, 0.3) is 0 Å². The predicted molar refractivity (Wildman–Crippen MR) is 51.1 cm³/mol. The number of rotatable bonds is 2. The van der Waals surface area contributed by atoms with E-state index in [2.05, 4.69) is 4.40 Å². The Morgan fingerprint density at radius 3 is 2.20 bits per heavy atom. The zero-order valence-corrected chi connectivity index (χ0v) is 11.3. The molecular formula is C8H9N2NaO3S. The van der Waals surface area contributed by atoms with Crippen molar-refractivity contribution in [2.45, 2.75) is 11.8 Å². The second-order valence-electron chi connectivity index (χ2n) is 2.65. The summed E-state index contributed by atoms with van der Waals surface area (Å²) in [5.74, 6) is -0.748. The maximum atomic E-state index is 11.3. The predicted octanol–water partition coefficient (Wildman–Crippen LogP) is -3.26. The van der Waals surface area contributed by atoms with Gasteiger partial charge in [-0.3, -0.25) is 0 Å². The van der Waals surface area contributed by atoms with Gasteiger partial charge in [-0.2, -0.15) is 12.8 Å². The molecule has 7 heteroatoms. The summed E-state index contributed by atoms with van der Waals surface area (Å²) in [4.78, 5) is -0.0399. The molecule has 1 aromatic carbocycles. The van der Waals surface area contributed by atoms with Crippen molar-refractivity contribution in [3.05, 3.63) is 24.3 Å². The summed E-state index contributed by atoms with van der Waals surface area (Å²) in [6.07, 6.45) is 0. The molecule has 0 unspecified atom stereocenters. The summed E-state index contributed by atoms with van der Waals surface area (Å²) in [5.41, 5.74) is 5.83. The minimum atomic E-state index is -3.86. The Bertz CT molecular complexity index is 449. The van der Waals surface area contributed by atoms with E-state index in [1.165, 1.54) is 24.3 Å². The van der Waals surface area contributed by atoms with Crippen LogP contribution in [-0.4, -0.2) is 14.3 Å². The van der Waals surface area contributed by atoms with E-state index in [9.17, 15) is 13.5 Å². The van der Waals surface area contributed by atoms with Gasteiger partial charge in [0.1, 0.15) is 0 Å². The van der Waals surface area contributed by atoms with E-state index in [-0.39, 0.29) is 34.5 Å². The van der Waals surface area contributed by atoms with Gasteiger partial charge in [-0.05, 0) is 37.1 Å². The van der Waals surface area contributed by atoms with E-state index in [1.807, 2.05) is 0 Å². The second-order valence-corrected chi connectivity index (χ2v) is 4.26. The van der Waals surface area contributed by atoms with Gasteiger partial charge < -0.3 is 10.8 Å². The maximum Gasteiger partial charge on any atom is 1.00 e. The molecule has 0 bridgehead atoms. The van der Waals surface area contributed by atoms with Gasteiger partial charge in [0, 0.05) is 5.69 Å². The van der Waals surface area contributed by atoms with Crippen molar-refractivity contribution in [1.82, 2.24) is 0 Å². The molecule has 0 spiro atoms. The molecule has 76 valence electrons. The first-order chi connectivity index (χ1) is 6.42. The average Bonchev–Trinajstić information content (AvgIpc) is 2.02. The first-order valence-corrected chi connectivity index (χ1v) is 5.20. The largest absolute Gasteiger partial charge is 1.00 e. The van der Waals surface area contributed by atoms with Crippen LogP contribution in [0.1, 0.15) is 6.92 Å². The minimum absolute atomic E-state index is 0. The molecular weight excluding hydrogens is 227 g/mol. The van der Waals surface area contributed by atoms with Gasteiger partial charge in [0.05, 0.1) is 4.90 Å². The Labute approximate surface area is 110 Å². The smallest absolute Gasteiger partial charge is 0.861 e. The van der Waals surface area contributed by atoms with Gasteiger partial charge >= 0.3 is 29.6 Å². The minimum Gasteiger partial charge on any atom is -0.861 e. The number of nitrogens with two attached hydrogens (primary N) is 1. The van der Waals surface area contributed by atoms with Crippen LogP contribution < -0.4 is 40.4 Å². The summed E-state index contributed by atoms with van der Waals surface area (Å²) >= 11 is 0. The molecule has 0 amide bonds. The molecule has 0 aliphatic carbocycles. The van der Waals surface area contributed by atoms with Crippen molar-refractivity contribution in [3.8, 4) is 0 Å². The molecule has 1 aromatic rings. The van der Waals surface area contributed by atoms with Gasteiger partial charge in [0.15, 0.2) is 0 Å². The SMILES string of the molecule is CC([O-])=NS(=O)(=O)c1ccc(N)cc1.[Na+]. The number of nitrogen functional groups attached to an aromatic ring is 1. The van der Waals surface area contributed by atoms with Crippen molar-refractivity contribution in [1.29, 1.82) is 0 Å². The van der Waals surface area contributed by atoms with Crippen LogP contribution in [0, 0.1) is 0 Å². The van der Waals surface area contributed by atoms with Crippen LogP contribution in [0.4, 0.5) is 5.69 Å². The van der Waals surface area contributed by atoms with Crippen LogP contribution in [0.15, 0.2) is 33.6 Å². The summed E-state index contributed by atoms with van der Waals surface area (Å²) in [7, 11) is -3.86. The van der Waals surface area contributed by atoms with E-state index >= 15 is 0 Å². The van der Waals surface area contributed by atoms with Crippen LogP contribution >= 0.6 is 0 Å². The van der Waals surface area contributed by atoms with Crippen LogP contribution in [0.3, 0.4) is 0 Å². The van der Waals surface area contributed by atoms with Crippen molar-refractivity contribution in [2.75, 3.05) is 5.73 Å². The molecule has 0 radical (unpaired) electrons. The topological polar surface area (TPSA) is 95.6 Å². The fourth-order valence-corrected chi connectivity index (χ4v) is 1.79. The molecule has 0 saturated heterocycles. The van der Waals surface area contributed by atoms with Crippen molar-refractivity contribution in [3.63, 3.8) is 0 Å². The fourth-order valence-electron chi connectivity index (χ4n) is 0.862. The molecule has 0 heterocycles. The summed E-state index contributed by atoms with van der Waals surface area (Å²) in [6.45, 7) is 1.08. The van der Waals surface area contributed by atoms with Crippen LogP contribution in [0.2, 0.25) is 0 Å². The quantitative estimate of drug-likeness (QED) is 0.252. The monoisotopic (exact) mass is 236 g/mol. The van der Waals surface area contributed by atoms with Gasteiger partial charge in [-0.25, -0.2) is 0 Å². The van der Waals surface area contributed by atoms with Crippen molar-refractivity contribution < 1.29 is 43.1 Å².